The number of amides is 1. The Morgan fingerprint density at radius 3 is 2.60 bits per heavy atom. The van der Waals surface area contributed by atoms with Crippen molar-refractivity contribution in [1.82, 2.24) is 24.5 Å². The molecule has 30 heavy (non-hydrogen) atoms. The van der Waals surface area contributed by atoms with E-state index in [1.165, 1.54) is 13.1 Å². The van der Waals surface area contributed by atoms with Crippen molar-refractivity contribution in [3.05, 3.63) is 40.0 Å². The van der Waals surface area contributed by atoms with E-state index in [1.807, 2.05) is 0 Å². The van der Waals surface area contributed by atoms with E-state index in [1.54, 1.807) is 23.6 Å². The van der Waals surface area contributed by atoms with Crippen LogP contribution in [0.15, 0.2) is 29.4 Å². The molecule has 2 aromatic heterocycles. The monoisotopic (exact) mass is 478 g/mol. The van der Waals surface area contributed by atoms with Gasteiger partial charge in [-0.05, 0) is 31.2 Å². The molecule has 0 unspecified atom stereocenters. The summed E-state index contributed by atoms with van der Waals surface area (Å²) in [4.78, 5) is 12.3. The molecule has 7 nitrogen and oxygen atoms in total. The van der Waals surface area contributed by atoms with Crippen LogP contribution >= 0.6 is 35.0 Å². The van der Waals surface area contributed by atoms with Gasteiger partial charge in [0, 0.05) is 18.6 Å². The molecule has 0 aliphatic rings. The van der Waals surface area contributed by atoms with Crippen molar-refractivity contribution in [2.24, 2.45) is 7.05 Å². The van der Waals surface area contributed by atoms with Gasteiger partial charge >= 0.3 is 6.18 Å². The Labute approximate surface area is 183 Å². The van der Waals surface area contributed by atoms with E-state index in [-0.39, 0.29) is 23.2 Å². The molecule has 2 heterocycles. The lowest BCUT2D eigenvalue weighted by molar-refractivity contribution is -0.141. The number of carbonyl (C=O) groups excluding carboxylic acids is 1. The third kappa shape index (κ3) is 4.90. The molecule has 0 fully saturated rings. The van der Waals surface area contributed by atoms with Crippen molar-refractivity contribution in [3.63, 3.8) is 0 Å². The highest BCUT2D eigenvalue weighted by molar-refractivity contribution is 7.99. The molecule has 0 saturated carbocycles. The summed E-state index contributed by atoms with van der Waals surface area (Å²) in [5, 5.41) is 15.3. The minimum Gasteiger partial charge on any atom is -0.324 e. The van der Waals surface area contributed by atoms with Gasteiger partial charge < -0.3 is 9.88 Å². The average molecular weight is 479 g/mol. The van der Waals surface area contributed by atoms with E-state index in [9.17, 15) is 18.0 Å². The Morgan fingerprint density at radius 1 is 1.23 bits per heavy atom. The molecule has 3 rings (SSSR count). The van der Waals surface area contributed by atoms with E-state index >= 15 is 0 Å². The number of hydrogen-bond acceptors (Lipinski definition) is 5. The molecule has 160 valence electrons. The van der Waals surface area contributed by atoms with Gasteiger partial charge in [-0.15, -0.1) is 10.2 Å². The quantitative estimate of drug-likeness (QED) is 0.517. The molecule has 0 radical (unpaired) electrons. The minimum atomic E-state index is -4.57. The fourth-order valence-electron chi connectivity index (χ4n) is 2.59. The zero-order chi connectivity index (χ0) is 22.1. The summed E-state index contributed by atoms with van der Waals surface area (Å²) >= 11 is 13.0. The molecule has 1 aromatic carbocycles. The van der Waals surface area contributed by atoms with Crippen LogP contribution in [0.4, 0.5) is 18.9 Å². The molecule has 3 aromatic rings. The molecule has 1 amide bonds. The van der Waals surface area contributed by atoms with Crippen LogP contribution in [-0.4, -0.2) is 36.2 Å². The van der Waals surface area contributed by atoms with Crippen LogP contribution in [0.25, 0.3) is 11.5 Å². The topological polar surface area (TPSA) is 77.6 Å². The molecule has 13 heteroatoms. The van der Waals surface area contributed by atoms with E-state index in [0.717, 1.165) is 22.5 Å². The predicted molar refractivity (Wildman–Crippen MR) is 109 cm³/mol. The minimum absolute atomic E-state index is 0.0137. The maximum absolute atomic E-state index is 12.9. The zero-order valence-electron chi connectivity index (χ0n) is 15.7. The number of carbonyl (C=O) groups is 1. The first-order valence-electron chi connectivity index (χ1n) is 8.52. The van der Waals surface area contributed by atoms with Gasteiger partial charge in [0.05, 0.1) is 16.5 Å². The summed E-state index contributed by atoms with van der Waals surface area (Å²) < 4.78 is 41.5. The van der Waals surface area contributed by atoms with Gasteiger partial charge in [0.1, 0.15) is 5.69 Å². The predicted octanol–water partition coefficient (Wildman–Crippen LogP) is 4.75. The van der Waals surface area contributed by atoms with E-state index in [0.29, 0.717) is 27.4 Å². The molecule has 1 N–H and O–H groups in total. The fourth-order valence-corrected chi connectivity index (χ4v) is 3.73. The highest BCUT2D eigenvalue weighted by atomic mass is 35.5. The number of thioether (sulfide) groups is 1. The number of halogens is 5. The van der Waals surface area contributed by atoms with Crippen molar-refractivity contribution in [3.8, 4) is 11.5 Å². The van der Waals surface area contributed by atoms with Gasteiger partial charge in [0.25, 0.3) is 0 Å². The first kappa shape index (κ1) is 22.4. The van der Waals surface area contributed by atoms with Crippen molar-refractivity contribution < 1.29 is 18.0 Å². The Balaban J connectivity index is 1.76. The normalized spacial score (nSPS) is 11.7. The molecule has 0 saturated heterocycles. The third-order valence-electron chi connectivity index (χ3n) is 3.97. The Bertz CT molecular complexity index is 1080. The highest BCUT2D eigenvalue weighted by Crippen LogP contribution is 2.32. The second-order valence-corrected chi connectivity index (χ2v) is 7.83. The lowest BCUT2D eigenvalue weighted by Crippen LogP contribution is -2.15. The summed E-state index contributed by atoms with van der Waals surface area (Å²) in [6.07, 6.45) is -4.57. The number of nitrogens with zero attached hydrogens (tertiary/aromatic N) is 5. The molecule has 0 spiro atoms. The Kier molecular flexibility index (Phi) is 6.63. The molecular weight excluding hydrogens is 464 g/mol. The first-order valence-corrected chi connectivity index (χ1v) is 10.3. The number of aryl methyl sites for hydroxylation is 1. The van der Waals surface area contributed by atoms with Gasteiger partial charge in [0.15, 0.2) is 16.7 Å². The average Bonchev–Trinajstić information content (AvgIpc) is 3.25. The van der Waals surface area contributed by atoms with Crippen LogP contribution in [0.5, 0.6) is 0 Å². The van der Waals surface area contributed by atoms with Crippen molar-refractivity contribution in [2.45, 2.75) is 24.8 Å². The molecule has 0 aliphatic carbocycles. The highest BCUT2D eigenvalue weighted by Gasteiger charge is 2.35. The number of nitrogens with one attached hydrogen (secondary N) is 1. The van der Waals surface area contributed by atoms with E-state index < -0.39 is 11.9 Å². The summed E-state index contributed by atoms with van der Waals surface area (Å²) in [5.41, 5.74) is -0.474. The number of hydrogen-bond donors (Lipinski definition) is 1. The second-order valence-electron chi connectivity index (χ2n) is 6.05. The van der Waals surface area contributed by atoms with Gasteiger partial charge in [-0.25, -0.2) is 0 Å². The number of aromatic nitrogens is 5. The van der Waals surface area contributed by atoms with E-state index in [4.69, 9.17) is 23.2 Å². The largest absolute Gasteiger partial charge is 0.435 e. The molecule has 0 aliphatic heterocycles. The van der Waals surface area contributed by atoms with Gasteiger partial charge in [-0.3, -0.25) is 9.48 Å². The van der Waals surface area contributed by atoms with Gasteiger partial charge in [0.2, 0.25) is 5.91 Å². The molecule has 0 atom stereocenters. The van der Waals surface area contributed by atoms with Crippen LogP contribution < -0.4 is 5.32 Å². The van der Waals surface area contributed by atoms with Crippen molar-refractivity contribution in [2.75, 3.05) is 11.1 Å². The number of alkyl halides is 3. The smallest absolute Gasteiger partial charge is 0.324 e. The Hall–Kier alpha value is -2.24. The van der Waals surface area contributed by atoms with Crippen LogP contribution in [-0.2, 0) is 24.6 Å². The summed E-state index contributed by atoms with van der Waals surface area (Å²) in [6.45, 7) is 2.18. The van der Waals surface area contributed by atoms with Crippen LogP contribution in [0, 0.1) is 0 Å². The lowest BCUT2D eigenvalue weighted by Gasteiger charge is -2.09. The zero-order valence-corrected chi connectivity index (χ0v) is 18.0. The summed E-state index contributed by atoms with van der Waals surface area (Å²) in [7, 11) is 1.40. The van der Waals surface area contributed by atoms with Crippen LogP contribution in [0.3, 0.4) is 0 Å². The van der Waals surface area contributed by atoms with Gasteiger partial charge in [-0.2, -0.15) is 18.3 Å². The summed E-state index contributed by atoms with van der Waals surface area (Å²) in [6, 6.07) is 5.61. The van der Waals surface area contributed by atoms with Crippen molar-refractivity contribution in [1.29, 1.82) is 0 Å². The van der Waals surface area contributed by atoms with E-state index in [2.05, 4.69) is 20.6 Å². The lowest BCUT2D eigenvalue weighted by atomic mass is 10.3. The Morgan fingerprint density at radius 2 is 1.97 bits per heavy atom. The SMILES string of the molecule is CCn1c(SCC(=O)Nc2cc(Cl)ccc2Cl)nnc1-c1cc(C(F)(F)F)nn1C. The first-order chi connectivity index (χ1) is 14.1. The molecular formula is C17H15Cl2F3N6OS. The summed E-state index contributed by atoms with van der Waals surface area (Å²) in [5.74, 6) is -0.139. The second kappa shape index (κ2) is 8.86. The standard InChI is InChI=1S/C17H15Cl2F3N6OS/c1-3-28-15(12-7-13(17(20,21)22)26-27(12)2)24-25-16(28)30-8-14(29)23-11-6-9(18)4-5-10(11)19/h4-7H,3,8H2,1-2H3,(H,23,29). The van der Waals surface area contributed by atoms with Gasteiger partial charge in [-0.1, -0.05) is 35.0 Å². The van der Waals surface area contributed by atoms with Crippen LogP contribution in [0.1, 0.15) is 12.6 Å². The number of benzene rings is 1. The molecule has 0 bridgehead atoms. The number of rotatable bonds is 6. The third-order valence-corrected chi connectivity index (χ3v) is 5.50. The fraction of sp³-hybridized carbons (Fsp3) is 0.294. The maximum Gasteiger partial charge on any atom is 0.435 e. The van der Waals surface area contributed by atoms with Crippen molar-refractivity contribution >= 4 is 46.6 Å². The van der Waals surface area contributed by atoms with Crippen LogP contribution in [0.2, 0.25) is 10.0 Å². The maximum atomic E-state index is 12.9. The number of anilines is 1.